The Balaban J connectivity index is 1.76. The third kappa shape index (κ3) is 1.83. The lowest BCUT2D eigenvalue weighted by molar-refractivity contribution is -0.0489. The largest absolute Gasteiger partial charge is 0.366 e. The second kappa shape index (κ2) is 4.26. The van der Waals surface area contributed by atoms with Crippen molar-refractivity contribution in [2.75, 3.05) is 0 Å². The second-order valence-electron chi connectivity index (χ2n) is 4.51. The van der Waals surface area contributed by atoms with Crippen LogP contribution in [0.1, 0.15) is 24.5 Å². The normalized spacial score (nSPS) is 32.4. The molecular formula is C15H16O. The van der Waals surface area contributed by atoms with Gasteiger partial charge in [-0.05, 0) is 18.4 Å². The lowest BCUT2D eigenvalue weighted by atomic mass is 9.87. The van der Waals surface area contributed by atoms with Crippen LogP contribution in [0.25, 0.3) is 0 Å². The van der Waals surface area contributed by atoms with Crippen LogP contribution >= 0.6 is 0 Å². The molecule has 0 bridgehead atoms. The van der Waals surface area contributed by atoms with Gasteiger partial charge in [0.1, 0.15) is 0 Å². The third-order valence-electron chi connectivity index (χ3n) is 3.45. The molecule has 2 aliphatic rings. The van der Waals surface area contributed by atoms with Gasteiger partial charge in [0, 0.05) is 5.92 Å². The van der Waals surface area contributed by atoms with E-state index in [-0.39, 0.29) is 12.2 Å². The van der Waals surface area contributed by atoms with Gasteiger partial charge >= 0.3 is 0 Å². The van der Waals surface area contributed by atoms with Gasteiger partial charge in [0.05, 0.1) is 12.2 Å². The van der Waals surface area contributed by atoms with Crippen LogP contribution in [0.5, 0.6) is 0 Å². The van der Waals surface area contributed by atoms with E-state index in [1.165, 1.54) is 12.0 Å². The van der Waals surface area contributed by atoms with Crippen molar-refractivity contribution >= 4 is 0 Å². The molecule has 82 valence electrons. The Morgan fingerprint density at radius 2 is 1.75 bits per heavy atom. The monoisotopic (exact) mass is 212 g/mol. The Morgan fingerprint density at radius 1 is 0.938 bits per heavy atom. The van der Waals surface area contributed by atoms with Gasteiger partial charge in [-0.15, -0.1) is 0 Å². The summed E-state index contributed by atoms with van der Waals surface area (Å²) in [6, 6.07) is 10.5. The second-order valence-corrected chi connectivity index (χ2v) is 4.51. The summed E-state index contributed by atoms with van der Waals surface area (Å²) in [4.78, 5) is 0. The Labute approximate surface area is 96.4 Å². The van der Waals surface area contributed by atoms with Crippen molar-refractivity contribution in [3.63, 3.8) is 0 Å². The average Bonchev–Trinajstić information content (AvgIpc) is 2.39. The lowest BCUT2D eigenvalue weighted by Gasteiger charge is -2.35. The Morgan fingerprint density at radius 3 is 2.62 bits per heavy atom. The van der Waals surface area contributed by atoms with Gasteiger partial charge in [0.25, 0.3) is 0 Å². The molecule has 1 heteroatoms. The van der Waals surface area contributed by atoms with E-state index in [4.69, 9.17) is 4.74 Å². The molecule has 0 radical (unpaired) electrons. The fraction of sp³-hybridized carbons (Fsp3) is 0.333. The predicted octanol–water partition coefficient (Wildman–Crippen LogP) is 3.65. The molecule has 3 unspecified atom stereocenters. The van der Waals surface area contributed by atoms with E-state index in [1.54, 1.807) is 0 Å². The van der Waals surface area contributed by atoms with Gasteiger partial charge in [0.2, 0.25) is 0 Å². The van der Waals surface area contributed by atoms with E-state index < -0.39 is 0 Å². The van der Waals surface area contributed by atoms with Gasteiger partial charge in [0.15, 0.2) is 0 Å². The van der Waals surface area contributed by atoms with Crippen molar-refractivity contribution in [2.45, 2.75) is 25.0 Å². The van der Waals surface area contributed by atoms with E-state index in [9.17, 15) is 0 Å². The maximum Gasteiger partial charge on any atom is 0.0833 e. The van der Waals surface area contributed by atoms with E-state index in [1.807, 2.05) is 0 Å². The Kier molecular flexibility index (Phi) is 2.63. The summed E-state index contributed by atoms with van der Waals surface area (Å²) in [7, 11) is 0. The predicted molar refractivity (Wildman–Crippen MR) is 65.1 cm³/mol. The zero-order valence-corrected chi connectivity index (χ0v) is 9.25. The summed E-state index contributed by atoms with van der Waals surface area (Å²) in [5, 5.41) is 0. The highest BCUT2D eigenvalue weighted by Gasteiger charge is 2.29. The molecule has 1 aromatic carbocycles. The van der Waals surface area contributed by atoms with Gasteiger partial charge < -0.3 is 4.74 Å². The third-order valence-corrected chi connectivity index (χ3v) is 3.45. The molecule has 1 aromatic rings. The summed E-state index contributed by atoms with van der Waals surface area (Å²) in [6.07, 6.45) is 11.6. The zero-order chi connectivity index (χ0) is 10.8. The molecule has 16 heavy (non-hydrogen) atoms. The number of fused-ring (bicyclic) bond motifs is 1. The molecule has 1 heterocycles. The smallest absolute Gasteiger partial charge is 0.0833 e. The van der Waals surface area contributed by atoms with Crippen LogP contribution in [0.15, 0.2) is 54.6 Å². The number of benzene rings is 1. The summed E-state index contributed by atoms with van der Waals surface area (Å²) in [6.45, 7) is 0. The maximum atomic E-state index is 6.14. The number of hydrogen-bond acceptors (Lipinski definition) is 1. The first-order valence-corrected chi connectivity index (χ1v) is 5.99. The summed E-state index contributed by atoms with van der Waals surface area (Å²) >= 11 is 0. The molecule has 0 amide bonds. The molecule has 1 fully saturated rings. The van der Waals surface area contributed by atoms with Gasteiger partial charge in [-0.25, -0.2) is 0 Å². The Hall–Kier alpha value is -1.34. The van der Waals surface area contributed by atoms with E-state index in [2.05, 4.69) is 54.6 Å². The van der Waals surface area contributed by atoms with Crippen LogP contribution in [0.2, 0.25) is 0 Å². The highest BCUT2D eigenvalue weighted by atomic mass is 16.5. The fourth-order valence-corrected chi connectivity index (χ4v) is 2.55. The molecule has 1 nitrogen and oxygen atoms in total. The van der Waals surface area contributed by atoms with E-state index in [0.29, 0.717) is 5.92 Å². The first-order chi connectivity index (χ1) is 7.93. The van der Waals surface area contributed by atoms with Crippen molar-refractivity contribution in [3.05, 3.63) is 60.2 Å². The zero-order valence-electron chi connectivity index (χ0n) is 9.25. The van der Waals surface area contributed by atoms with Crippen LogP contribution in [0.4, 0.5) is 0 Å². The van der Waals surface area contributed by atoms with Crippen LogP contribution in [-0.4, -0.2) is 6.10 Å². The van der Waals surface area contributed by atoms with Crippen molar-refractivity contribution in [2.24, 2.45) is 5.92 Å². The minimum absolute atomic E-state index is 0.276. The highest BCUT2D eigenvalue weighted by molar-refractivity contribution is 5.21. The average molecular weight is 212 g/mol. The number of rotatable bonds is 1. The first-order valence-electron chi connectivity index (χ1n) is 5.99. The fourth-order valence-electron chi connectivity index (χ4n) is 2.55. The quantitative estimate of drug-likeness (QED) is 0.690. The molecule has 0 aromatic heterocycles. The summed E-state index contributed by atoms with van der Waals surface area (Å²) < 4.78 is 6.14. The van der Waals surface area contributed by atoms with Gasteiger partial charge in [-0.2, -0.15) is 0 Å². The highest BCUT2D eigenvalue weighted by Crippen LogP contribution is 2.36. The van der Waals surface area contributed by atoms with Crippen molar-refractivity contribution in [1.82, 2.24) is 0 Å². The molecular weight excluding hydrogens is 196 g/mol. The standard InChI is InChI=1S/C15H16O/c1-2-6-12(7-3-1)15-11-10-13-8-4-5-9-14(13)16-15/h1-9,13-15H,10-11H2. The molecule has 1 saturated heterocycles. The SMILES string of the molecule is C1=CC2CCC(c3ccccc3)OC2C=C1. The minimum atomic E-state index is 0.276. The topological polar surface area (TPSA) is 9.23 Å². The number of ether oxygens (including phenoxy) is 1. The number of allylic oxidation sites excluding steroid dienone is 2. The van der Waals surface area contributed by atoms with Crippen LogP contribution in [0.3, 0.4) is 0 Å². The first kappa shape index (κ1) is 9.86. The van der Waals surface area contributed by atoms with Crippen molar-refractivity contribution in [1.29, 1.82) is 0 Å². The van der Waals surface area contributed by atoms with Crippen LogP contribution in [0, 0.1) is 5.92 Å². The number of hydrogen-bond donors (Lipinski definition) is 0. The summed E-state index contributed by atoms with van der Waals surface area (Å²) in [5.41, 5.74) is 1.31. The van der Waals surface area contributed by atoms with Crippen LogP contribution in [-0.2, 0) is 4.74 Å². The lowest BCUT2D eigenvalue weighted by Crippen LogP contribution is -2.29. The summed E-state index contributed by atoms with van der Waals surface area (Å²) in [5.74, 6) is 0.588. The maximum absolute atomic E-state index is 6.14. The molecule has 0 saturated carbocycles. The van der Waals surface area contributed by atoms with E-state index >= 15 is 0 Å². The molecule has 0 N–H and O–H groups in total. The minimum Gasteiger partial charge on any atom is -0.366 e. The van der Waals surface area contributed by atoms with E-state index in [0.717, 1.165) is 6.42 Å². The molecule has 1 aliphatic heterocycles. The van der Waals surface area contributed by atoms with Gasteiger partial charge in [-0.1, -0.05) is 54.6 Å². The van der Waals surface area contributed by atoms with Crippen molar-refractivity contribution in [3.8, 4) is 0 Å². The Bertz CT molecular complexity index is 405. The van der Waals surface area contributed by atoms with Crippen LogP contribution < -0.4 is 0 Å². The molecule has 3 atom stereocenters. The molecule has 3 rings (SSSR count). The van der Waals surface area contributed by atoms with Crippen molar-refractivity contribution < 1.29 is 4.74 Å². The molecule has 0 spiro atoms. The van der Waals surface area contributed by atoms with Gasteiger partial charge in [-0.3, -0.25) is 0 Å². The molecule has 1 aliphatic carbocycles.